The first-order valence-electron chi connectivity index (χ1n) is 9.66. The molecule has 0 radical (unpaired) electrons. The van der Waals surface area contributed by atoms with Crippen molar-refractivity contribution < 1.29 is 34.1 Å². The Morgan fingerprint density at radius 3 is 2.23 bits per heavy atom. The first kappa shape index (κ1) is 24.2. The molecular formula is C21H26N2O7S. The summed E-state index contributed by atoms with van der Waals surface area (Å²) in [7, 11) is 1.65. The van der Waals surface area contributed by atoms with Gasteiger partial charge < -0.3 is 24.6 Å². The number of hydrogen-bond acceptors (Lipinski definition) is 7. The predicted octanol–water partition coefficient (Wildman–Crippen LogP) is 2.27. The standard InChI is InChI=1S/C19H24N2O3S.C2H2O4/c1-3-24-17-13-15(6-7-16(17)23-2)14-20-8-10-21(11-9-20)19(22)18-5-4-12-25-18;3-1(4)2(5)6/h4-7,12-13H,3,8-11,14H2,1-2H3;(H,3,4)(H,5,6). The van der Waals surface area contributed by atoms with Crippen LogP contribution in [-0.4, -0.2) is 77.8 Å². The lowest BCUT2D eigenvalue weighted by Crippen LogP contribution is -2.48. The molecule has 0 bridgehead atoms. The average Bonchev–Trinajstić information content (AvgIpc) is 3.30. The van der Waals surface area contributed by atoms with E-state index in [-0.39, 0.29) is 5.91 Å². The van der Waals surface area contributed by atoms with Crippen molar-refractivity contribution >= 4 is 29.2 Å². The summed E-state index contributed by atoms with van der Waals surface area (Å²) in [5, 5.41) is 16.7. The quantitative estimate of drug-likeness (QED) is 0.644. The molecule has 31 heavy (non-hydrogen) atoms. The van der Waals surface area contributed by atoms with Crippen molar-refractivity contribution in [1.82, 2.24) is 9.80 Å². The van der Waals surface area contributed by atoms with Crippen LogP contribution in [0.15, 0.2) is 35.7 Å². The number of carboxylic acid groups (broad SMARTS) is 2. The second-order valence-corrected chi connectivity index (χ2v) is 7.52. The molecule has 1 aromatic heterocycles. The van der Waals surface area contributed by atoms with E-state index in [0.717, 1.165) is 49.1 Å². The molecule has 3 rings (SSSR count). The molecular weight excluding hydrogens is 424 g/mol. The van der Waals surface area contributed by atoms with Gasteiger partial charge in [0.1, 0.15) is 0 Å². The summed E-state index contributed by atoms with van der Waals surface area (Å²) in [6, 6.07) is 9.90. The minimum Gasteiger partial charge on any atom is -0.493 e. The highest BCUT2D eigenvalue weighted by atomic mass is 32.1. The van der Waals surface area contributed by atoms with Gasteiger partial charge >= 0.3 is 11.9 Å². The van der Waals surface area contributed by atoms with Crippen LogP contribution in [0.5, 0.6) is 11.5 Å². The number of thiophene rings is 1. The van der Waals surface area contributed by atoms with Crippen LogP contribution < -0.4 is 9.47 Å². The molecule has 1 aromatic carbocycles. The van der Waals surface area contributed by atoms with Crippen LogP contribution in [-0.2, 0) is 16.1 Å². The predicted molar refractivity (Wildman–Crippen MR) is 115 cm³/mol. The number of aliphatic carboxylic acids is 2. The van der Waals surface area contributed by atoms with Gasteiger partial charge in [-0.3, -0.25) is 9.69 Å². The molecule has 2 heterocycles. The van der Waals surface area contributed by atoms with Crippen molar-refractivity contribution in [2.45, 2.75) is 13.5 Å². The van der Waals surface area contributed by atoms with Crippen LogP contribution in [0.2, 0.25) is 0 Å². The maximum atomic E-state index is 12.4. The molecule has 1 amide bonds. The molecule has 1 aliphatic heterocycles. The molecule has 0 aliphatic carbocycles. The maximum absolute atomic E-state index is 12.4. The number of ether oxygens (including phenoxy) is 2. The van der Waals surface area contributed by atoms with Gasteiger partial charge in [0.25, 0.3) is 5.91 Å². The summed E-state index contributed by atoms with van der Waals surface area (Å²) in [6.45, 7) is 6.74. The topological polar surface area (TPSA) is 117 Å². The minimum absolute atomic E-state index is 0.151. The van der Waals surface area contributed by atoms with Gasteiger partial charge in [0, 0.05) is 32.7 Å². The van der Waals surface area contributed by atoms with Crippen molar-refractivity contribution in [3.8, 4) is 11.5 Å². The molecule has 1 fully saturated rings. The number of methoxy groups -OCH3 is 1. The van der Waals surface area contributed by atoms with E-state index in [9.17, 15) is 4.79 Å². The molecule has 168 valence electrons. The molecule has 1 aliphatic rings. The highest BCUT2D eigenvalue weighted by molar-refractivity contribution is 7.12. The molecule has 0 atom stereocenters. The van der Waals surface area contributed by atoms with E-state index in [1.165, 1.54) is 16.9 Å². The average molecular weight is 451 g/mol. The van der Waals surface area contributed by atoms with E-state index in [0.29, 0.717) is 6.61 Å². The van der Waals surface area contributed by atoms with Crippen LogP contribution in [0, 0.1) is 0 Å². The smallest absolute Gasteiger partial charge is 0.414 e. The lowest BCUT2D eigenvalue weighted by atomic mass is 10.1. The Labute approximate surface area is 184 Å². The van der Waals surface area contributed by atoms with Crippen molar-refractivity contribution in [2.75, 3.05) is 39.9 Å². The number of hydrogen-bond donors (Lipinski definition) is 2. The van der Waals surface area contributed by atoms with Gasteiger partial charge in [-0.15, -0.1) is 11.3 Å². The summed E-state index contributed by atoms with van der Waals surface area (Å²) in [4.78, 5) is 35.7. The Morgan fingerprint density at radius 2 is 1.71 bits per heavy atom. The Hall–Kier alpha value is -3.11. The van der Waals surface area contributed by atoms with Gasteiger partial charge in [-0.05, 0) is 36.1 Å². The Bertz CT molecular complexity index is 866. The van der Waals surface area contributed by atoms with E-state index >= 15 is 0 Å². The van der Waals surface area contributed by atoms with Crippen molar-refractivity contribution in [1.29, 1.82) is 0 Å². The third kappa shape index (κ3) is 7.26. The van der Waals surface area contributed by atoms with Crippen LogP contribution >= 0.6 is 11.3 Å². The third-order valence-electron chi connectivity index (χ3n) is 4.51. The number of benzene rings is 1. The highest BCUT2D eigenvalue weighted by Crippen LogP contribution is 2.28. The fraction of sp³-hybridized carbons (Fsp3) is 0.381. The summed E-state index contributed by atoms with van der Waals surface area (Å²) in [6.07, 6.45) is 0. The fourth-order valence-corrected chi connectivity index (χ4v) is 3.70. The first-order chi connectivity index (χ1) is 14.8. The molecule has 2 N–H and O–H groups in total. The molecule has 0 unspecified atom stereocenters. The van der Waals surface area contributed by atoms with Crippen LogP contribution in [0.1, 0.15) is 22.2 Å². The van der Waals surface area contributed by atoms with Gasteiger partial charge in [-0.25, -0.2) is 9.59 Å². The molecule has 10 heteroatoms. The molecule has 1 saturated heterocycles. The zero-order valence-electron chi connectivity index (χ0n) is 17.4. The Balaban J connectivity index is 0.000000501. The molecule has 0 spiro atoms. The zero-order chi connectivity index (χ0) is 22.8. The van der Waals surface area contributed by atoms with Crippen molar-refractivity contribution in [2.24, 2.45) is 0 Å². The van der Waals surface area contributed by atoms with Gasteiger partial charge in [-0.2, -0.15) is 0 Å². The Kier molecular flexibility index (Phi) is 9.29. The minimum atomic E-state index is -1.82. The van der Waals surface area contributed by atoms with Crippen LogP contribution in [0.4, 0.5) is 0 Å². The highest BCUT2D eigenvalue weighted by Gasteiger charge is 2.22. The van der Waals surface area contributed by atoms with E-state index in [1.54, 1.807) is 7.11 Å². The summed E-state index contributed by atoms with van der Waals surface area (Å²) >= 11 is 1.51. The Morgan fingerprint density at radius 1 is 1.03 bits per heavy atom. The summed E-state index contributed by atoms with van der Waals surface area (Å²) < 4.78 is 11.0. The maximum Gasteiger partial charge on any atom is 0.414 e. The number of nitrogens with zero attached hydrogens (tertiary/aromatic N) is 2. The van der Waals surface area contributed by atoms with Gasteiger partial charge in [0.2, 0.25) is 0 Å². The first-order valence-corrected chi connectivity index (χ1v) is 10.5. The number of carbonyl (C=O) groups is 3. The molecule has 9 nitrogen and oxygen atoms in total. The normalized spacial score (nSPS) is 13.7. The molecule has 0 saturated carbocycles. The third-order valence-corrected chi connectivity index (χ3v) is 5.37. The van der Waals surface area contributed by atoms with Gasteiger partial charge in [-0.1, -0.05) is 12.1 Å². The number of piperazine rings is 1. The van der Waals surface area contributed by atoms with E-state index < -0.39 is 11.9 Å². The van der Waals surface area contributed by atoms with E-state index in [4.69, 9.17) is 29.3 Å². The van der Waals surface area contributed by atoms with E-state index in [2.05, 4.69) is 11.0 Å². The van der Waals surface area contributed by atoms with Crippen molar-refractivity contribution in [3.05, 3.63) is 46.2 Å². The SMILES string of the molecule is CCOc1cc(CN2CCN(C(=O)c3cccs3)CC2)ccc1OC.O=C(O)C(=O)O. The number of amides is 1. The second-order valence-electron chi connectivity index (χ2n) is 6.57. The summed E-state index contributed by atoms with van der Waals surface area (Å²) in [5.41, 5.74) is 1.20. The van der Waals surface area contributed by atoms with Crippen LogP contribution in [0.25, 0.3) is 0 Å². The lowest BCUT2D eigenvalue weighted by Gasteiger charge is -2.34. The number of carbonyl (C=O) groups excluding carboxylic acids is 1. The van der Waals surface area contributed by atoms with Crippen LogP contribution in [0.3, 0.4) is 0 Å². The van der Waals surface area contributed by atoms with E-state index in [1.807, 2.05) is 41.5 Å². The monoisotopic (exact) mass is 450 g/mol. The van der Waals surface area contributed by atoms with Gasteiger partial charge in [0.05, 0.1) is 18.6 Å². The molecule has 2 aromatic rings. The largest absolute Gasteiger partial charge is 0.493 e. The fourth-order valence-electron chi connectivity index (χ4n) is 3.01. The summed E-state index contributed by atoms with van der Waals surface area (Å²) in [5.74, 6) is -1.95. The second kappa shape index (κ2) is 11.9. The van der Waals surface area contributed by atoms with Crippen molar-refractivity contribution in [3.63, 3.8) is 0 Å². The van der Waals surface area contributed by atoms with Gasteiger partial charge in [0.15, 0.2) is 11.5 Å². The number of carboxylic acids is 2. The number of rotatable bonds is 6. The zero-order valence-corrected chi connectivity index (χ0v) is 18.3. The lowest BCUT2D eigenvalue weighted by molar-refractivity contribution is -0.159.